The van der Waals surface area contributed by atoms with Crippen LogP contribution in [0.5, 0.6) is 0 Å². The molecule has 0 N–H and O–H groups in total. The van der Waals surface area contributed by atoms with Gasteiger partial charge in [0.25, 0.3) is 0 Å². The van der Waals surface area contributed by atoms with Crippen molar-refractivity contribution in [1.82, 2.24) is 4.98 Å². The van der Waals surface area contributed by atoms with E-state index in [9.17, 15) is 4.79 Å². The molecule has 1 aromatic heterocycles. The van der Waals surface area contributed by atoms with Crippen LogP contribution >= 0.6 is 23.4 Å². The Balaban J connectivity index is 1.35. The van der Waals surface area contributed by atoms with Gasteiger partial charge in [0, 0.05) is 17.4 Å². The number of halogens is 1. The van der Waals surface area contributed by atoms with E-state index in [-0.39, 0.29) is 5.41 Å². The van der Waals surface area contributed by atoms with E-state index in [0.29, 0.717) is 16.7 Å². The van der Waals surface area contributed by atoms with Crippen LogP contribution in [0.25, 0.3) is 0 Å². The van der Waals surface area contributed by atoms with Gasteiger partial charge < -0.3 is 0 Å². The molecular formula is C18H22ClNOS. The lowest BCUT2D eigenvalue weighted by atomic mass is 9.48. The SMILES string of the molecule is O=C(CSCc1ccc(Cl)nc1)C12CC3CC(CC(C3)C1)C2. The van der Waals surface area contributed by atoms with Gasteiger partial charge in [0.05, 0.1) is 5.75 Å². The molecule has 0 amide bonds. The zero-order valence-corrected chi connectivity index (χ0v) is 14.3. The number of Topliss-reactive ketones (excluding diaryl/α,β-unsaturated/α-hetero) is 1. The Morgan fingerprint density at radius 3 is 2.36 bits per heavy atom. The van der Waals surface area contributed by atoms with Crippen LogP contribution < -0.4 is 0 Å². The molecule has 1 heterocycles. The Labute approximate surface area is 141 Å². The number of hydrogen-bond acceptors (Lipinski definition) is 3. The summed E-state index contributed by atoms with van der Waals surface area (Å²) >= 11 is 7.54. The summed E-state index contributed by atoms with van der Waals surface area (Å²) in [6.07, 6.45) is 9.55. The highest BCUT2D eigenvalue weighted by Crippen LogP contribution is 2.60. The van der Waals surface area contributed by atoms with E-state index < -0.39 is 0 Å². The van der Waals surface area contributed by atoms with E-state index in [4.69, 9.17) is 11.6 Å². The average molecular weight is 336 g/mol. The van der Waals surface area contributed by atoms with E-state index in [0.717, 1.165) is 29.1 Å². The largest absolute Gasteiger partial charge is 0.298 e. The summed E-state index contributed by atoms with van der Waals surface area (Å²) < 4.78 is 0. The molecule has 0 unspecified atom stereocenters. The molecule has 5 rings (SSSR count). The maximum atomic E-state index is 12.9. The molecule has 0 radical (unpaired) electrons. The second kappa shape index (κ2) is 5.83. The summed E-state index contributed by atoms with van der Waals surface area (Å²) in [6, 6.07) is 3.82. The van der Waals surface area contributed by atoms with Crippen LogP contribution in [0, 0.1) is 23.2 Å². The van der Waals surface area contributed by atoms with E-state index in [1.807, 2.05) is 18.3 Å². The third-order valence-corrected chi connectivity index (χ3v) is 7.15. The Hall–Kier alpha value is -0.540. The molecule has 0 saturated heterocycles. The number of rotatable bonds is 5. The first-order valence-electron chi connectivity index (χ1n) is 8.34. The van der Waals surface area contributed by atoms with Crippen molar-refractivity contribution in [3.8, 4) is 0 Å². The molecule has 0 aromatic carbocycles. The molecule has 1 aromatic rings. The summed E-state index contributed by atoms with van der Waals surface area (Å²) in [7, 11) is 0. The van der Waals surface area contributed by atoms with Crippen LogP contribution in [0.4, 0.5) is 0 Å². The van der Waals surface area contributed by atoms with Crippen LogP contribution in [-0.4, -0.2) is 16.5 Å². The van der Waals surface area contributed by atoms with Gasteiger partial charge in [0.1, 0.15) is 10.9 Å². The number of hydrogen-bond donors (Lipinski definition) is 0. The zero-order chi connectivity index (χ0) is 15.2. The number of pyridine rings is 1. The number of ketones is 1. The zero-order valence-electron chi connectivity index (χ0n) is 12.8. The van der Waals surface area contributed by atoms with E-state index in [1.54, 1.807) is 11.8 Å². The van der Waals surface area contributed by atoms with Crippen LogP contribution in [0.1, 0.15) is 44.1 Å². The molecule has 0 atom stereocenters. The highest BCUT2D eigenvalue weighted by atomic mass is 35.5. The summed E-state index contributed by atoms with van der Waals surface area (Å²) in [5.74, 6) is 4.58. The second-order valence-electron chi connectivity index (χ2n) is 7.60. The first kappa shape index (κ1) is 15.0. The van der Waals surface area contributed by atoms with Gasteiger partial charge in [-0.2, -0.15) is 0 Å². The molecular weight excluding hydrogens is 314 g/mol. The van der Waals surface area contributed by atoms with Crippen LogP contribution in [-0.2, 0) is 10.5 Å². The molecule has 4 bridgehead atoms. The molecule has 4 aliphatic carbocycles. The maximum Gasteiger partial charge on any atom is 0.148 e. The van der Waals surface area contributed by atoms with Gasteiger partial charge >= 0.3 is 0 Å². The minimum Gasteiger partial charge on any atom is -0.298 e. The normalized spacial score (nSPS) is 35.8. The lowest BCUT2D eigenvalue weighted by Gasteiger charge is -2.56. The summed E-state index contributed by atoms with van der Waals surface area (Å²) in [5.41, 5.74) is 1.20. The minimum absolute atomic E-state index is 0.0556. The Morgan fingerprint density at radius 1 is 1.18 bits per heavy atom. The third-order valence-electron chi connectivity index (χ3n) is 5.92. The monoisotopic (exact) mass is 335 g/mol. The Bertz CT molecular complexity index is 536. The van der Waals surface area contributed by atoms with E-state index in [2.05, 4.69) is 4.98 Å². The van der Waals surface area contributed by atoms with Crippen molar-refractivity contribution in [2.24, 2.45) is 23.2 Å². The van der Waals surface area contributed by atoms with Gasteiger partial charge in [-0.1, -0.05) is 17.7 Å². The van der Waals surface area contributed by atoms with Crippen molar-refractivity contribution < 1.29 is 4.79 Å². The second-order valence-corrected chi connectivity index (χ2v) is 8.98. The number of nitrogens with zero attached hydrogens (tertiary/aromatic N) is 1. The van der Waals surface area contributed by atoms with Gasteiger partial charge in [-0.05, 0) is 67.9 Å². The Morgan fingerprint density at radius 2 is 1.82 bits per heavy atom. The van der Waals surface area contributed by atoms with Crippen molar-refractivity contribution in [3.63, 3.8) is 0 Å². The van der Waals surface area contributed by atoms with Crippen molar-refractivity contribution in [2.75, 3.05) is 5.75 Å². The number of carbonyl (C=O) groups excluding carboxylic acids is 1. The molecule has 0 spiro atoms. The van der Waals surface area contributed by atoms with Crippen LogP contribution in [0.15, 0.2) is 18.3 Å². The highest BCUT2D eigenvalue weighted by molar-refractivity contribution is 7.99. The molecule has 118 valence electrons. The standard InChI is InChI=1S/C18H22ClNOS/c19-17-2-1-12(9-20-17)10-22-11-16(21)18-6-13-3-14(7-18)5-15(4-13)8-18/h1-2,9,13-15H,3-8,10-11H2. The number of aromatic nitrogens is 1. The van der Waals surface area contributed by atoms with Gasteiger partial charge in [-0.15, -0.1) is 11.8 Å². The molecule has 22 heavy (non-hydrogen) atoms. The van der Waals surface area contributed by atoms with Crippen LogP contribution in [0.3, 0.4) is 0 Å². The molecule has 4 saturated carbocycles. The molecule has 0 aliphatic heterocycles. The molecule has 4 fully saturated rings. The van der Waals surface area contributed by atoms with Gasteiger partial charge in [-0.3, -0.25) is 4.79 Å². The fourth-order valence-electron chi connectivity index (χ4n) is 5.36. The lowest BCUT2D eigenvalue weighted by molar-refractivity contribution is -0.141. The highest BCUT2D eigenvalue weighted by Gasteiger charge is 2.53. The first-order chi connectivity index (χ1) is 10.6. The first-order valence-corrected chi connectivity index (χ1v) is 9.88. The summed E-state index contributed by atoms with van der Waals surface area (Å²) in [6.45, 7) is 0. The van der Waals surface area contributed by atoms with Crippen LogP contribution in [0.2, 0.25) is 5.15 Å². The Kier molecular flexibility index (Phi) is 3.98. The van der Waals surface area contributed by atoms with E-state index in [1.165, 1.54) is 38.5 Å². The van der Waals surface area contributed by atoms with Crippen molar-refractivity contribution in [2.45, 2.75) is 44.3 Å². The summed E-state index contributed by atoms with van der Waals surface area (Å²) in [4.78, 5) is 17.0. The van der Waals surface area contributed by atoms with E-state index >= 15 is 0 Å². The molecule has 2 nitrogen and oxygen atoms in total. The average Bonchev–Trinajstić information content (AvgIpc) is 2.48. The predicted octanol–water partition coefficient (Wildman–Crippen LogP) is 4.75. The predicted molar refractivity (Wildman–Crippen MR) is 91.0 cm³/mol. The van der Waals surface area contributed by atoms with Crippen molar-refractivity contribution in [3.05, 3.63) is 29.0 Å². The topological polar surface area (TPSA) is 30.0 Å². The maximum absolute atomic E-state index is 12.9. The minimum atomic E-state index is 0.0556. The van der Waals surface area contributed by atoms with Gasteiger partial charge in [0.2, 0.25) is 0 Å². The van der Waals surface area contributed by atoms with Gasteiger partial charge in [-0.25, -0.2) is 4.98 Å². The number of carbonyl (C=O) groups is 1. The lowest BCUT2D eigenvalue weighted by Crippen LogP contribution is -2.50. The fraction of sp³-hybridized carbons (Fsp3) is 0.667. The van der Waals surface area contributed by atoms with Crippen molar-refractivity contribution in [1.29, 1.82) is 0 Å². The fourth-order valence-corrected chi connectivity index (χ4v) is 6.47. The smallest absolute Gasteiger partial charge is 0.148 e. The quantitative estimate of drug-likeness (QED) is 0.727. The summed E-state index contributed by atoms with van der Waals surface area (Å²) in [5, 5.41) is 0.526. The molecule has 4 heteroatoms. The molecule has 4 aliphatic rings. The van der Waals surface area contributed by atoms with Gasteiger partial charge in [0.15, 0.2) is 0 Å². The van der Waals surface area contributed by atoms with Crippen molar-refractivity contribution >= 4 is 29.1 Å². The number of thioether (sulfide) groups is 1. The third kappa shape index (κ3) is 2.82.